The SMILES string of the molecule is COc1cc(-c2ocnc2C(=O)O)ccc1F. The van der Waals surface area contributed by atoms with Crippen LogP contribution in [0, 0.1) is 5.82 Å². The number of carboxylic acid groups (broad SMARTS) is 1. The first kappa shape index (κ1) is 11.1. The van der Waals surface area contributed by atoms with E-state index in [4.69, 9.17) is 14.3 Å². The second-order valence-corrected chi connectivity index (χ2v) is 3.18. The maximum atomic E-state index is 13.2. The molecule has 6 heteroatoms. The highest BCUT2D eigenvalue weighted by Gasteiger charge is 2.18. The van der Waals surface area contributed by atoms with Gasteiger partial charge in [-0.3, -0.25) is 0 Å². The van der Waals surface area contributed by atoms with E-state index in [2.05, 4.69) is 4.98 Å². The van der Waals surface area contributed by atoms with E-state index in [1.54, 1.807) is 0 Å². The Kier molecular flexibility index (Phi) is 2.78. The van der Waals surface area contributed by atoms with Gasteiger partial charge in [0.2, 0.25) is 0 Å². The van der Waals surface area contributed by atoms with E-state index in [0.717, 1.165) is 6.39 Å². The maximum Gasteiger partial charge on any atom is 0.358 e. The van der Waals surface area contributed by atoms with Crippen LogP contribution in [-0.4, -0.2) is 23.2 Å². The molecule has 0 aliphatic heterocycles. The summed E-state index contributed by atoms with van der Waals surface area (Å²) >= 11 is 0. The summed E-state index contributed by atoms with van der Waals surface area (Å²) in [6.07, 6.45) is 1.02. The monoisotopic (exact) mass is 237 g/mol. The van der Waals surface area contributed by atoms with Gasteiger partial charge in [0.25, 0.3) is 0 Å². The van der Waals surface area contributed by atoms with Crippen LogP contribution in [0.4, 0.5) is 4.39 Å². The van der Waals surface area contributed by atoms with Crippen molar-refractivity contribution in [3.05, 3.63) is 36.1 Å². The third-order valence-electron chi connectivity index (χ3n) is 2.18. The minimum absolute atomic E-state index is 0.00948. The summed E-state index contributed by atoms with van der Waals surface area (Å²) < 4.78 is 23.0. The predicted molar refractivity (Wildman–Crippen MR) is 55.4 cm³/mol. The van der Waals surface area contributed by atoms with E-state index >= 15 is 0 Å². The van der Waals surface area contributed by atoms with Gasteiger partial charge in [-0.2, -0.15) is 0 Å². The topological polar surface area (TPSA) is 72.6 Å². The average molecular weight is 237 g/mol. The lowest BCUT2D eigenvalue weighted by Gasteiger charge is -2.03. The summed E-state index contributed by atoms with van der Waals surface area (Å²) in [7, 11) is 1.32. The van der Waals surface area contributed by atoms with Crippen LogP contribution in [0.3, 0.4) is 0 Å². The number of benzene rings is 1. The van der Waals surface area contributed by atoms with Crippen molar-refractivity contribution < 1.29 is 23.4 Å². The molecule has 2 aromatic rings. The second kappa shape index (κ2) is 4.25. The van der Waals surface area contributed by atoms with Crippen LogP contribution >= 0.6 is 0 Å². The lowest BCUT2D eigenvalue weighted by atomic mass is 10.1. The standard InChI is InChI=1S/C11H8FNO4/c1-16-8-4-6(2-3-7(8)12)10-9(11(14)15)13-5-17-10/h2-5H,1H3,(H,14,15). The van der Waals surface area contributed by atoms with E-state index in [9.17, 15) is 9.18 Å². The molecule has 0 spiro atoms. The highest BCUT2D eigenvalue weighted by Crippen LogP contribution is 2.28. The number of hydrogen-bond donors (Lipinski definition) is 1. The number of aromatic nitrogens is 1. The van der Waals surface area contributed by atoms with Gasteiger partial charge in [0.15, 0.2) is 29.4 Å². The highest BCUT2D eigenvalue weighted by molar-refractivity contribution is 5.92. The van der Waals surface area contributed by atoms with Crippen LogP contribution in [0.1, 0.15) is 10.5 Å². The van der Waals surface area contributed by atoms with Crippen LogP contribution < -0.4 is 4.74 Å². The molecule has 88 valence electrons. The Bertz CT molecular complexity index is 564. The molecule has 0 saturated heterocycles. The van der Waals surface area contributed by atoms with Crippen molar-refractivity contribution in [1.82, 2.24) is 4.98 Å². The molecule has 0 amide bonds. The number of carbonyl (C=O) groups is 1. The number of ether oxygens (including phenoxy) is 1. The molecular formula is C11H8FNO4. The number of halogens is 1. The van der Waals surface area contributed by atoms with Crippen molar-refractivity contribution >= 4 is 5.97 Å². The first-order valence-electron chi connectivity index (χ1n) is 4.64. The molecule has 1 aromatic carbocycles. The molecule has 0 aliphatic carbocycles. The first-order chi connectivity index (χ1) is 8.13. The van der Waals surface area contributed by atoms with Crippen molar-refractivity contribution in [3.63, 3.8) is 0 Å². The van der Waals surface area contributed by atoms with Gasteiger partial charge in [-0.05, 0) is 18.2 Å². The van der Waals surface area contributed by atoms with Gasteiger partial charge in [0.1, 0.15) is 0 Å². The van der Waals surface area contributed by atoms with Gasteiger partial charge in [0.05, 0.1) is 7.11 Å². The molecule has 2 rings (SSSR count). The minimum atomic E-state index is -1.21. The van der Waals surface area contributed by atoms with Crippen molar-refractivity contribution in [2.45, 2.75) is 0 Å². The summed E-state index contributed by atoms with van der Waals surface area (Å²) in [5.41, 5.74) is 0.164. The van der Waals surface area contributed by atoms with Crippen molar-refractivity contribution in [2.75, 3.05) is 7.11 Å². The Morgan fingerprint density at radius 2 is 2.29 bits per heavy atom. The predicted octanol–water partition coefficient (Wildman–Crippen LogP) is 2.19. The number of hydrogen-bond acceptors (Lipinski definition) is 4. The molecular weight excluding hydrogens is 229 g/mol. The second-order valence-electron chi connectivity index (χ2n) is 3.18. The smallest absolute Gasteiger partial charge is 0.358 e. The van der Waals surface area contributed by atoms with Gasteiger partial charge in [-0.1, -0.05) is 0 Å². The van der Waals surface area contributed by atoms with E-state index in [1.807, 2.05) is 0 Å². The number of nitrogens with zero attached hydrogens (tertiary/aromatic N) is 1. The minimum Gasteiger partial charge on any atom is -0.494 e. The Labute approximate surface area is 95.5 Å². The molecule has 1 aromatic heterocycles. The zero-order valence-electron chi connectivity index (χ0n) is 8.81. The van der Waals surface area contributed by atoms with Crippen LogP contribution in [0.25, 0.3) is 11.3 Å². The van der Waals surface area contributed by atoms with Gasteiger partial charge >= 0.3 is 5.97 Å². The molecule has 0 atom stereocenters. The first-order valence-corrected chi connectivity index (χ1v) is 4.64. The molecule has 5 nitrogen and oxygen atoms in total. The van der Waals surface area contributed by atoms with Crippen LogP contribution in [0.5, 0.6) is 5.75 Å². The fourth-order valence-electron chi connectivity index (χ4n) is 1.40. The average Bonchev–Trinajstić information content (AvgIpc) is 2.78. The highest BCUT2D eigenvalue weighted by atomic mass is 19.1. The zero-order valence-corrected chi connectivity index (χ0v) is 8.81. The molecule has 0 aliphatic rings. The Balaban J connectivity index is 2.53. The summed E-state index contributed by atoms with van der Waals surface area (Å²) in [4.78, 5) is 14.4. The summed E-state index contributed by atoms with van der Waals surface area (Å²) in [5.74, 6) is -1.67. The molecule has 0 radical (unpaired) electrons. The van der Waals surface area contributed by atoms with E-state index < -0.39 is 11.8 Å². The summed E-state index contributed by atoms with van der Waals surface area (Å²) in [6.45, 7) is 0. The Hall–Kier alpha value is -2.37. The van der Waals surface area contributed by atoms with Gasteiger partial charge < -0.3 is 14.3 Å². The number of carboxylic acids is 1. The largest absolute Gasteiger partial charge is 0.494 e. The van der Waals surface area contributed by atoms with Crippen LogP contribution in [0.15, 0.2) is 29.0 Å². The van der Waals surface area contributed by atoms with Gasteiger partial charge in [0, 0.05) is 5.56 Å². The van der Waals surface area contributed by atoms with E-state index in [0.29, 0.717) is 5.56 Å². The van der Waals surface area contributed by atoms with Gasteiger partial charge in [-0.15, -0.1) is 0 Å². The lowest BCUT2D eigenvalue weighted by Crippen LogP contribution is -1.99. The molecule has 1 N–H and O–H groups in total. The fraction of sp³-hybridized carbons (Fsp3) is 0.0909. The van der Waals surface area contributed by atoms with Gasteiger partial charge in [-0.25, -0.2) is 14.2 Å². The number of rotatable bonds is 3. The summed E-state index contributed by atoms with van der Waals surface area (Å²) in [5, 5.41) is 8.87. The normalized spacial score (nSPS) is 10.2. The molecule has 0 bridgehead atoms. The Morgan fingerprint density at radius 3 is 2.94 bits per heavy atom. The number of methoxy groups -OCH3 is 1. The Morgan fingerprint density at radius 1 is 1.53 bits per heavy atom. The third kappa shape index (κ3) is 1.96. The number of aromatic carboxylic acids is 1. The van der Waals surface area contributed by atoms with Crippen molar-refractivity contribution in [3.8, 4) is 17.1 Å². The van der Waals surface area contributed by atoms with E-state index in [-0.39, 0.29) is 17.2 Å². The lowest BCUT2D eigenvalue weighted by molar-refractivity contribution is 0.0691. The maximum absolute atomic E-state index is 13.2. The molecule has 0 fully saturated rings. The molecule has 0 unspecified atom stereocenters. The van der Waals surface area contributed by atoms with E-state index in [1.165, 1.54) is 25.3 Å². The van der Waals surface area contributed by atoms with Crippen LogP contribution in [-0.2, 0) is 0 Å². The molecule has 17 heavy (non-hydrogen) atoms. The van der Waals surface area contributed by atoms with Crippen molar-refractivity contribution in [1.29, 1.82) is 0 Å². The van der Waals surface area contributed by atoms with Crippen molar-refractivity contribution in [2.24, 2.45) is 0 Å². The number of oxazole rings is 1. The fourth-order valence-corrected chi connectivity index (χ4v) is 1.40. The third-order valence-corrected chi connectivity index (χ3v) is 2.18. The zero-order chi connectivity index (χ0) is 12.4. The summed E-state index contributed by atoms with van der Waals surface area (Å²) in [6, 6.07) is 3.91. The van der Waals surface area contributed by atoms with Crippen LogP contribution in [0.2, 0.25) is 0 Å². The quantitative estimate of drug-likeness (QED) is 0.885. The molecule has 0 saturated carbocycles. The molecule has 1 heterocycles.